The van der Waals surface area contributed by atoms with Gasteiger partial charge in [0.25, 0.3) is 0 Å². The van der Waals surface area contributed by atoms with Crippen LogP contribution in [-0.2, 0) is 16.6 Å². The van der Waals surface area contributed by atoms with Gasteiger partial charge in [-0.1, -0.05) is 60.7 Å². The number of likely N-dealkylation sites (tertiary alicyclic amines) is 1. The molecule has 4 rings (SSSR count). The van der Waals surface area contributed by atoms with Gasteiger partial charge in [-0.15, -0.1) is 11.3 Å². The van der Waals surface area contributed by atoms with E-state index in [-0.39, 0.29) is 6.04 Å². The maximum atomic E-state index is 12.4. The van der Waals surface area contributed by atoms with Crippen molar-refractivity contribution in [3.8, 4) is 11.1 Å². The van der Waals surface area contributed by atoms with Gasteiger partial charge in [0, 0.05) is 25.7 Å². The van der Waals surface area contributed by atoms with Crippen LogP contribution in [0.5, 0.6) is 0 Å². The Bertz CT molecular complexity index is 977. The zero-order chi connectivity index (χ0) is 19.4. The van der Waals surface area contributed by atoms with Crippen LogP contribution in [0.15, 0.2) is 76.3 Å². The van der Waals surface area contributed by atoms with Crippen molar-refractivity contribution in [1.29, 1.82) is 0 Å². The van der Waals surface area contributed by atoms with Gasteiger partial charge in [-0.3, -0.25) is 4.90 Å². The predicted octanol–water partition coefficient (Wildman–Crippen LogP) is 4.36. The van der Waals surface area contributed by atoms with Gasteiger partial charge in [0.15, 0.2) is 0 Å². The van der Waals surface area contributed by atoms with Gasteiger partial charge in [-0.05, 0) is 41.0 Å². The Balaban J connectivity index is 1.30. The summed E-state index contributed by atoms with van der Waals surface area (Å²) in [6.45, 7) is 2.70. The molecule has 0 spiro atoms. The van der Waals surface area contributed by atoms with E-state index in [0.717, 1.165) is 32.5 Å². The number of nitrogens with zero attached hydrogens (tertiary/aromatic N) is 1. The molecule has 0 atom stereocenters. The molecule has 0 radical (unpaired) electrons. The molecule has 0 amide bonds. The molecule has 1 saturated heterocycles. The number of benzene rings is 2. The summed E-state index contributed by atoms with van der Waals surface area (Å²) in [6.07, 6.45) is 1.68. The Morgan fingerprint density at radius 2 is 1.57 bits per heavy atom. The lowest BCUT2D eigenvalue weighted by Crippen LogP contribution is -2.44. The topological polar surface area (TPSA) is 49.4 Å². The third kappa shape index (κ3) is 4.70. The number of piperidine rings is 1. The fourth-order valence-corrected chi connectivity index (χ4v) is 5.91. The van der Waals surface area contributed by atoms with E-state index in [2.05, 4.69) is 58.2 Å². The average molecular weight is 413 g/mol. The average Bonchev–Trinajstić information content (AvgIpc) is 3.27. The summed E-state index contributed by atoms with van der Waals surface area (Å²) >= 11 is 1.26. The van der Waals surface area contributed by atoms with Crippen molar-refractivity contribution >= 4 is 21.4 Å². The lowest BCUT2D eigenvalue weighted by atomic mass is 10.0. The largest absolute Gasteiger partial charge is 0.299 e. The molecule has 1 aliphatic rings. The molecular formula is C22H24N2O2S2. The Kier molecular flexibility index (Phi) is 5.92. The van der Waals surface area contributed by atoms with Gasteiger partial charge in [0.1, 0.15) is 4.21 Å². The molecule has 0 aliphatic carbocycles. The van der Waals surface area contributed by atoms with Gasteiger partial charge in [-0.25, -0.2) is 13.1 Å². The van der Waals surface area contributed by atoms with Crippen LogP contribution in [0.1, 0.15) is 18.4 Å². The van der Waals surface area contributed by atoms with Crippen LogP contribution in [0, 0.1) is 0 Å². The van der Waals surface area contributed by atoms with Gasteiger partial charge in [0.05, 0.1) is 0 Å². The smallest absolute Gasteiger partial charge is 0.250 e. The van der Waals surface area contributed by atoms with Crippen molar-refractivity contribution in [2.75, 3.05) is 13.1 Å². The summed E-state index contributed by atoms with van der Waals surface area (Å²) in [5.41, 5.74) is 3.75. The molecule has 6 heteroatoms. The van der Waals surface area contributed by atoms with Gasteiger partial charge < -0.3 is 0 Å². The molecule has 28 heavy (non-hydrogen) atoms. The van der Waals surface area contributed by atoms with Gasteiger partial charge in [0.2, 0.25) is 10.0 Å². The summed E-state index contributed by atoms with van der Waals surface area (Å²) in [5.74, 6) is 0. The van der Waals surface area contributed by atoms with E-state index in [1.165, 1.54) is 28.0 Å². The molecule has 1 N–H and O–H groups in total. The van der Waals surface area contributed by atoms with Crippen molar-refractivity contribution in [2.24, 2.45) is 0 Å². The molecule has 0 bridgehead atoms. The lowest BCUT2D eigenvalue weighted by Gasteiger charge is -2.32. The fraction of sp³-hybridized carbons (Fsp3) is 0.273. The van der Waals surface area contributed by atoms with E-state index in [0.29, 0.717) is 4.21 Å². The Hall–Kier alpha value is -1.99. The van der Waals surface area contributed by atoms with Crippen molar-refractivity contribution < 1.29 is 8.42 Å². The Morgan fingerprint density at radius 3 is 2.21 bits per heavy atom. The lowest BCUT2D eigenvalue weighted by molar-refractivity contribution is 0.200. The number of sulfonamides is 1. The summed E-state index contributed by atoms with van der Waals surface area (Å²) < 4.78 is 28.0. The molecular weight excluding hydrogens is 388 g/mol. The second-order valence-electron chi connectivity index (χ2n) is 7.17. The standard InChI is InChI=1S/C22H24N2O2S2/c25-28(26,22-7-4-16-27-22)23-21-12-14-24(15-13-21)17-18-8-10-20(11-9-18)19-5-2-1-3-6-19/h1-11,16,21,23H,12-15,17H2. The van der Waals surface area contributed by atoms with Crippen molar-refractivity contribution in [1.82, 2.24) is 9.62 Å². The highest BCUT2D eigenvalue weighted by Crippen LogP contribution is 2.22. The first-order valence-electron chi connectivity index (χ1n) is 9.53. The van der Waals surface area contributed by atoms with Crippen LogP contribution in [0.3, 0.4) is 0 Å². The van der Waals surface area contributed by atoms with E-state index < -0.39 is 10.0 Å². The summed E-state index contributed by atoms with van der Waals surface area (Å²) in [5, 5.41) is 1.79. The molecule has 2 aromatic carbocycles. The van der Waals surface area contributed by atoms with E-state index in [9.17, 15) is 8.42 Å². The fourth-order valence-electron chi connectivity index (χ4n) is 3.59. The normalized spacial score (nSPS) is 16.3. The quantitative estimate of drug-likeness (QED) is 0.654. The second-order valence-corrected chi connectivity index (χ2v) is 10.1. The molecule has 0 unspecified atom stereocenters. The van der Waals surface area contributed by atoms with Crippen LogP contribution in [0.25, 0.3) is 11.1 Å². The zero-order valence-corrected chi connectivity index (χ0v) is 17.3. The Morgan fingerprint density at radius 1 is 0.893 bits per heavy atom. The van der Waals surface area contributed by atoms with E-state index in [4.69, 9.17) is 0 Å². The molecule has 4 nitrogen and oxygen atoms in total. The minimum Gasteiger partial charge on any atom is -0.299 e. The van der Waals surface area contributed by atoms with Crippen molar-refractivity contribution in [3.63, 3.8) is 0 Å². The van der Waals surface area contributed by atoms with E-state index in [1.54, 1.807) is 17.5 Å². The monoisotopic (exact) mass is 412 g/mol. The number of nitrogens with one attached hydrogen (secondary N) is 1. The van der Waals surface area contributed by atoms with E-state index >= 15 is 0 Å². The van der Waals surface area contributed by atoms with Crippen molar-refractivity contribution in [2.45, 2.75) is 29.6 Å². The van der Waals surface area contributed by atoms with Crippen LogP contribution in [0.2, 0.25) is 0 Å². The molecule has 0 saturated carbocycles. The first kappa shape index (κ1) is 19.3. The van der Waals surface area contributed by atoms with Crippen LogP contribution in [0.4, 0.5) is 0 Å². The van der Waals surface area contributed by atoms with Crippen molar-refractivity contribution in [3.05, 3.63) is 77.7 Å². The second kappa shape index (κ2) is 8.57. The third-order valence-electron chi connectivity index (χ3n) is 5.14. The highest BCUT2D eigenvalue weighted by molar-refractivity contribution is 7.91. The number of thiophene rings is 1. The SMILES string of the molecule is O=S(=O)(NC1CCN(Cc2ccc(-c3ccccc3)cc2)CC1)c1cccs1. The molecule has 1 aromatic heterocycles. The zero-order valence-electron chi connectivity index (χ0n) is 15.6. The minimum atomic E-state index is -3.37. The molecule has 2 heterocycles. The third-order valence-corrected chi connectivity index (χ3v) is 8.05. The number of rotatable bonds is 6. The number of hydrogen-bond acceptors (Lipinski definition) is 4. The van der Waals surface area contributed by atoms with Crippen LogP contribution in [-0.4, -0.2) is 32.4 Å². The minimum absolute atomic E-state index is 0.0174. The molecule has 1 aliphatic heterocycles. The summed E-state index contributed by atoms with van der Waals surface area (Å²) in [4.78, 5) is 2.40. The molecule has 3 aromatic rings. The number of hydrogen-bond donors (Lipinski definition) is 1. The summed E-state index contributed by atoms with van der Waals surface area (Å²) in [7, 11) is -3.37. The van der Waals surface area contributed by atoms with Gasteiger partial charge in [-0.2, -0.15) is 0 Å². The molecule has 146 valence electrons. The highest BCUT2D eigenvalue weighted by Gasteiger charge is 2.25. The Labute approximate surface area is 170 Å². The van der Waals surface area contributed by atoms with Gasteiger partial charge >= 0.3 is 0 Å². The van der Waals surface area contributed by atoms with E-state index in [1.807, 2.05) is 6.07 Å². The first-order chi connectivity index (χ1) is 13.6. The first-order valence-corrected chi connectivity index (χ1v) is 11.9. The maximum absolute atomic E-state index is 12.4. The predicted molar refractivity (Wildman–Crippen MR) is 115 cm³/mol. The van der Waals surface area contributed by atoms with Crippen LogP contribution < -0.4 is 4.72 Å². The maximum Gasteiger partial charge on any atom is 0.250 e. The summed E-state index contributed by atoms with van der Waals surface area (Å²) in [6, 6.07) is 22.5. The van der Waals surface area contributed by atoms with Crippen LogP contribution >= 0.6 is 11.3 Å². The molecule has 1 fully saturated rings. The highest BCUT2D eigenvalue weighted by atomic mass is 32.2.